The maximum atomic E-state index is 13.1. The lowest BCUT2D eigenvalue weighted by atomic mass is 9.99. The Morgan fingerprint density at radius 3 is 0.740 bits per heavy atom. The van der Waals surface area contributed by atoms with Crippen molar-refractivity contribution in [3.8, 4) is 0 Å². The fraction of sp³-hybridized carbons (Fsp3) is 0.948. The summed E-state index contributed by atoms with van der Waals surface area (Å²) in [5, 5.41) is 10.6. The molecule has 0 amide bonds. The number of aliphatic hydroxyl groups excluding tert-OH is 1. The quantitative estimate of drug-likeness (QED) is 0.0222. The molecule has 0 aromatic heterocycles. The summed E-state index contributed by atoms with van der Waals surface area (Å²) < 4.78 is 68.3. The Hall–Kier alpha value is -1.94. The molecule has 0 radical (unpaired) electrons. The van der Waals surface area contributed by atoms with E-state index >= 15 is 0 Å². The van der Waals surface area contributed by atoms with Gasteiger partial charge in [-0.15, -0.1) is 0 Å². The Morgan fingerprint density at radius 2 is 0.500 bits per heavy atom. The third-order valence-electron chi connectivity index (χ3n) is 18.4. The molecule has 0 rings (SSSR count). The number of ether oxygens (including phenoxy) is 4. The summed E-state index contributed by atoms with van der Waals surface area (Å²) in [4.78, 5) is 72.5. The third-order valence-corrected chi connectivity index (χ3v) is 20.3. The lowest BCUT2D eigenvalue weighted by Crippen LogP contribution is -2.30. The van der Waals surface area contributed by atoms with Crippen LogP contribution in [0.3, 0.4) is 0 Å². The van der Waals surface area contributed by atoms with Gasteiger partial charge in [0.1, 0.15) is 19.3 Å². The van der Waals surface area contributed by atoms with Crippen molar-refractivity contribution in [1.82, 2.24) is 0 Å². The minimum Gasteiger partial charge on any atom is -0.462 e. The number of phosphoric ester groups is 2. The predicted molar refractivity (Wildman–Crippen MR) is 391 cm³/mol. The molecule has 570 valence electrons. The molecule has 0 saturated carbocycles. The van der Waals surface area contributed by atoms with Gasteiger partial charge in [-0.1, -0.05) is 356 Å². The van der Waals surface area contributed by atoms with Crippen molar-refractivity contribution in [2.45, 2.75) is 425 Å². The number of aliphatic hydroxyl groups is 1. The molecule has 0 aliphatic rings. The summed E-state index contributed by atoms with van der Waals surface area (Å²) >= 11 is 0. The highest BCUT2D eigenvalue weighted by Gasteiger charge is 2.30. The number of unbranched alkanes of at least 4 members (excludes halogenated alkanes) is 48. The first-order valence-electron chi connectivity index (χ1n) is 40.2. The average Bonchev–Trinajstić information content (AvgIpc) is 2.24. The van der Waals surface area contributed by atoms with Gasteiger partial charge < -0.3 is 33.8 Å². The Labute approximate surface area is 588 Å². The van der Waals surface area contributed by atoms with Crippen molar-refractivity contribution in [3.05, 3.63) is 0 Å². The molecular weight excluding hydrogens is 1260 g/mol. The molecule has 0 aliphatic heterocycles. The maximum absolute atomic E-state index is 13.1. The summed E-state index contributed by atoms with van der Waals surface area (Å²) in [7, 11) is -9.90. The van der Waals surface area contributed by atoms with E-state index in [-0.39, 0.29) is 25.7 Å². The Morgan fingerprint density at radius 1 is 0.292 bits per heavy atom. The van der Waals surface area contributed by atoms with Gasteiger partial charge in [-0.05, 0) is 31.6 Å². The molecule has 3 unspecified atom stereocenters. The largest absolute Gasteiger partial charge is 0.472 e. The van der Waals surface area contributed by atoms with Crippen LogP contribution in [0.4, 0.5) is 0 Å². The number of hydrogen-bond acceptors (Lipinski definition) is 15. The molecule has 0 fully saturated rings. The Balaban J connectivity index is 5.12. The van der Waals surface area contributed by atoms with Crippen LogP contribution in [0, 0.1) is 5.92 Å². The normalized spacial score (nSPS) is 14.2. The zero-order valence-electron chi connectivity index (χ0n) is 62.5. The fourth-order valence-electron chi connectivity index (χ4n) is 11.8. The second-order valence-electron chi connectivity index (χ2n) is 28.0. The zero-order chi connectivity index (χ0) is 70.5. The minimum atomic E-state index is -4.96. The number of rotatable bonds is 77. The Kier molecular flexibility index (Phi) is 68.7. The summed E-state index contributed by atoms with van der Waals surface area (Å²) in [6.45, 7) is 7.20. The van der Waals surface area contributed by atoms with E-state index in [1.54, 1.807) is 0 Å². The SMILES string of the molecule is CCCCCCCCCCCCCCCCCCCCCCCC(=O)O[C@H](COC(=O)CCCCCCCCCCCCCCCCCCCC)COP(=O)(O)OC[C@@H](O)COP(=O)(O)OC[C@@H](COC(=O)CCCCCCC)OC(=O)CCCCCCCCCCC(C)CC. The number of phosphoric acid groups is 2. The van der Waals surface area contributed by atoms with Gasteiger partial charge in [0.2, 0.25) is 0 Å². The smallest absolute Gasteiger partial charge is 0.462 e. The van der Waals surface area contributed by atoms with E-state index in [2.05, 4.69) is 34.6 Å². The second kappa shape index (κ2) is 70.1. The zero-order valence-corrected chi connectivity index (χ0v) is 64.3. The van der Waals surface area contributed by atoms with Crippen LogP contribution in [0.25, 0.3) is 0 Å². The number of esters is 4. The van der Waals surface area contributed by atoms with Crippen molar-refractivity contribution in [1.29, 1.82) is 0 Å². The molecule has 3 N–H and O–H groups in total. The third kappa shape index (κ3) is 69.2. The van der Waals surface area contributed by atoms with E-state index in [1.165, 1.54) is 225 Å². The van der Waals surface area contributed by atoms with E-state index < -0.39 is 97.5 Å². The average molecular weight is 1410 g/mol. The molecule has 17 nitrogen and oxygen atoms in total. The molecule has 0 heterocycles. The van der Waals surface area contributed by atoms with Gasteiger partial charge in [-0.2, -0.15) is 0 Å². The van der Waals surface area contributed by atoms with E-state index in [1.807, 2.05) is 0 Å². The molecule has 0 saturated heterocycles. The first-order chi connectivity index (χ1) is 46.6. The van der Waals surface area contributed by atoms with Crippen LogP contribution in [0.2, 0.25) is 0 Å². The van der Waals surface area contributed by atoms with Crippen LogP contribution in [0.1, 0.15) is 407 Å². The van der Waals surface area contributed by atoms with Crippen molar-refractivity contribution >= 4 is 39.5 Å². The van der Waals surface area contributed by atoms with Gasteiger partial charge in [0.15, 0.2) is 12.2 Å². The van der Waals surface area contributed by atoms with Crippen molar-refractivity contribution in [2.24, 2.45) is 5.92 Å². The van der Waals surface area contributed by atoms with E-state index in [4.69, 9.17) is 37.0 Å². The van der Waals surface area contributed by atoms with Gasteiger partial charge in [0, 0.05) is 25.7 Å². The summed E-state index contributed by atoms with van der Waals surface area (Å²) in [6.07, 6.45) is 60.2. The first kappa shape index (κ1) is 94.1. The van der Waals surface area contributed by atoms with Crippen molar-refractivity contribution in [3.63, 3.8) is 0 Å². The van der Waals surface area contributed by atoms with Crippen LogP contribution in [0.5, 0.6) is 0 Å². The first-order valence-corrected chi connectivity index (χ1v) is 43.2. The van der Waals surface area contributed by atoms with E-state index in [0.717, 1.165) is 102 Å². The number of hydrogen-bond donors (Lipinski definition) is 3. The van der Waals surface area contributed by atoms with Crippen LogP contribution in [-0.2, 0) is 65.4 Å². The minimum absolute atomic E-state index is 0.104. The second-order valence-corrected chi connectivity index (χ2v) is 30.9. The molecule has 0 spiro atoms. The molecule has 19 heteroatoms. The number of carbonyl (C=O) groups excluding carboxylic acids is 4. The van der Waals surface area contributed by atoms with Gasteiger partial charge in [0.25, 0.3) is 0 Å². The van der Waals surface area contributed by atoms with E-state index in [0.29, 0.717) is 25.7 Å². The highest BCUT2D eigenvalue weighted by Crippen LogP contribution is 2.45. The van der Waals surface area contributed by atoms with E-state index in [9.17, 15) is 43.2 Å². The summed E-state index contributed by atoms with van der Waals surface area (Å²) in [5.41, 5.74) is 0. The topological polar surface area (TPSA) is 237 Å². The van der Waals surface area contributed by atoms with Gasteiger partial charge in [-0.25, -0.2) is 9.13 Å². The fourth-order valence-corrected chi connectivity index (χ4v) is 13.4. The van der Waals surface area contributed by atoms with Crippen LogP contribution >= 0.6 is 15.6 Å². The lowest BCUT2D eigenvalue weighted by Gasteiger charge is -2.21. The molecule has 0 bridgehead atoms. The molecule has 6 atom stereocenters. The highest BCUT2D eigenvalue weighted by atomic mass is 31.2. The van der Waals surface area contributed by atoms with Crippen LogP contribution < -0.4 is 0 Å². The van der Waals surface area contributed by atoms with Crippen LogP contribution in [-0.4, -0.2) is 96.7 Å². The molecule has 96 heavy (non-hydrogen) atoms. The summed E-state index contributed by atoms with van der Waals surface area (Å²) in [5.74, 6) is -1.36. The number of carbonyl (C=O) groups is 4. The standard InChI is InChI=1S/C77H150O17P2/c1-6-10-13-16-18-20-22-24-26-28-30-31-32-34-36-38-40-42-47-52-57-62-76(81)94-73(67-88-75(80)61-56-51-46-41-39-37-35-33-29-27-25-23-21-19-17-14-11-7-2)69-92-96(85,86)90-65-71(78)64-89-95(83,84)91-68-72(66-87-74(79)60-55-49-15-12-8-3)93-77(82)63-58-53-48-44-43-45-50-54-59-70(5)9-4/h70-73,78H,6-69H2,1-5H3,(H,83,84)(H,85,86)/t70?,71-,72+,73+/m0/s1. The van der Waals surface area contributed by atoms with Gasteiger partial charge >= 0.3 is 39.5 Å². The van der Waals surface area contributed by atoms with Gasteiger partial charge in [0.05, 0.1) is 26.4 Å². The Bertz CT molecular complexity index is 1840. The van der Waals surface area contributed by atoms with Crippen molar-refractivity contribution < 1.29 is 80.2 Å². The van der Waals surface area contributed by atoms with Crippen LogP contribution in [0.15, 0.2) is 0 Å². The lowest BCUT2D eigenvalue weighted by molar-refractivity contribution is -0.161. The maximum Gasteiger partial charge on any atom is 0.472 e. The van der Waals surface area contributed by atoms with Crippen molar-refractivity contribution in [2.75, 3.05) is 39.6 Å². The molecule has 0 aliphatic carbocycles. The summed E-state index contributed by atoms with van der Waals surface area (Å²) in [6, 6.07) is 0. The molecule has 0 aromatic rings. The molecular formula is C77H150O17P2. The highest BCUT2D eigenvalue weighted by molar-refractivity contribution is 7.47. The monoisotopic (exact) mass is 1410 g/mol. The van der Waals surface area contributed by atoms with Gasteiger partial charge in [-0.3, -0.25) is 37.3 Å². The predicted octanol–water partition coefficient (Wildman–Crippen LogP) is 22.9. The molecule has 0 aromatic carbocycles.